The first-order valence-electron chi connectivity index (χ1n) is 7.12. The minimum atomic E-state index is -0.844. The maximum absolute atomic E-state index is 11.8. The quantitative estimate of drug-likeness (QED) is 0.817. The maximum Gasteiger partial charge on any atom is 0.337 e. The Hall–Kier alpha value is -1.81. The van der Waals surface area contributed by atoms with Crippen LogP contribution in [-0.2, 0) is 12.8 Å². The molecule has 1 heterocycles. The van der Waals surface area contributed by atoms with Gasteiger partial charge in [-0.05, 0) is 36.3 Å². The third-order valence-electron chi connectivity index (χ3n) is 4.19. The number of benzene rings is 1. The van der Waals surface area contributed by atoms with Crippen LogP contribution >= 0.6 is 11.3 Å². The van der Waals surface area contributed by atoms with Gasteiger partial charge in [-0.3, -0.25) is 0 Å². The fraction of sp³-hybridized carbons (Fsp3) is 0.353. The third kappa shape index (κ3) is 2.44. The molecule has 0 aliphatic heterocycles. The molecule has 3 N–H and O–H groups in total. The van der Waals surface area contributed by atoms with Gasteiger partial charge >= 0.3 is 5.97 Å². The van der Waals surface area contributed by atoms with Crippen LogP contribution in [0.3, 0.4) is 0 Å². The number of fused-ring (bicyclic) bond motifs is 1. The minimum Gasteiger partial charge on any atom is -0.478 e. The van der Waals surface area contributed by atoms with Crippen LogP contribution in [0.25, 0.3) is 10.4 Å². The van der Waals surface area contributed by atoms with Crippen LogP contribution in [-0.4, -0.2) is 11.1 Å². The van der Waals surface area contributed by atoms with Crippen molar-refractivity contribution in [3.05, 3.63) is 40.3 Å². The zero-order chi connectivity index (χ0) is 15.2. The number of aryl methyl sites for hydroxylation is 1. The second-order valence-corrected chi connectivity index (χ2v) is 7.55. The Morgan fingerprint density at radius 2 is 2.05 bits per heavy atom. The fourth-order valence-electron chi connectivity index (χ4n) is 3.04. The lowest BCUT2D eigenvalue weighted by Crippen LogP contribution is -2.22. The van der Waals surface area contributed by atoms with Gasteiger partial charge in [0.2, 0.25) is 0 Å². The SMILES string of the molecule is CC1(C)CCc2sc(-c3ccccc3N)c(C(=O)O)c2C1. The summed E-state index contributed by atoms with van der Waals surface area (Å²) in [5, 5.41) is 9.70. The topological polar surface area (TPSA) is 63.3 Å². The number of hydrogen-bond donors (Lipinski definition) is 2. The first-order valence-corrected chi connectivity index (χ1v) is 7.93. The lowest BCUT2D eigenvalue weighted by atomic mass is 9.76. The molecule has 1 aliphatic carbocycles. The maximum atomic E-state index is 11.8. The molecule has 4 heteroatoms. The number of rotatable bonds is 2. The number of hydrogen-bond acceptors (Lipinski definition) is 3. The summed E-state index contributed by atoms with van der Waals surface area (Å²) in [4.78, 5) is 13.8. The Morgan fingerprint density at radius 1 is 1.33 bits per heavy atom. The number of nitrogen functional groups attached to an aromatic ring is 1. The van der Waals surface area contributed by atoms with Crippen molar-refractivity contribution in [1.29, 1.82) is 0 Å². The molecule has 3 nitrogen and oxygen atoms in total. The Balaban J connectivity index is 2.22. The van der Waals surface area contributed by atoms with Crippen molar-refractivity contribution in [3.8, 4) is 10.4 Å². The summed E-state index contributed by atoms with van der Waals surface area (Å²) in [5.41, 5.74) is 9.16. The predicted octanol–water partition coefficient (Wildman–Crippen LogP) is 4.21. The molecule has 1 aromatic carbocycles. The summed E-state index contributed by atoms with van der Waals surface area (Å²) in [6, 6.07) is 7.50. The molecule has 0 spiro atoms. The standard InChI is InChI=1S/C17H19NO2S/c1-17(2)8-7-13-11(9-17)14(16(19)20)15(21-13)10-5-3-4-6-12(10)18/h3-6H,7-9,18H2,1-2H3,(H,19,20). The van der Waals surface area contributed by atoms with Crippen molar-refractivity contribution < 1.29 is 9.90 Å². The fourth-order valence-corrected chi connectivity index (χ4v) is 4.40. The second kappa shape index (κ2) is 4.88. The van der Waals surface area contributed by atoms with Crippen molar-refractivity contribution in [3.63, 3.8) is 0 Å². The van der Waals surface area contributed by atoms with Crippen LogP contribution in [0.1, 0.15) is 41.1 Å². The number of carbonyl (C=O) groups is 1. The van der Waals surface area contributed by atoms with Gasteiger partial charge in [-0.1, -0.05) is 32.0 Å². The van der Waals surface area contributed by atoms with Gasteiger partial charge in [-0.15, -0.1) is 11.3 Å². The van der Waals surface area contributed by atoms with E-state index in [2.05, 4.69) is 13.8 Å². The average molecular weight is 301 g/mol. The molecule has 1 aliphatic rings. The first kappa shape index (κ1) is 14.1. The van der Waals surface area contributed by atoms with E-state index in [4.69, 9.17) is 5.73 Å². The molecular weight excluding hydrogens is 282 g/mol. The highest BCUT2D eigenvalue weighted by Gasteiger charge is 2.33. The Labute approximate surface area is 128 Å². The monoisotopic (exact) mass is 301 g/mol. The molecule has 110 valence electrons. The van der Waals surface area contributed by atoms with Crippen molar-refractivity contribution in [2.75, 3.05) is 5.73 Å². The third-order valence-corrected chi connectivity index (χ3v) is 5.52. The highest BCUT2D eigenvalue weighted by atomic mass is 32.1. The van der Waals surface area contributed by atoms with Gasteiger partial charge < -0.3 is 10.8 Å². The molecule has 2 aromatic rings. The van der Waals surface area contributed by atoms with Crippen molar-refractivity contribution in [2.24, 2.45) is 5.41 Å². The number of carboxylic acid groups (broad SMARTS) is 1. The minimum absolute atomic E-state index is 0.164. The number of aromatic carboxylic acids is 1. The molecule has 3 rings (SSSR count). The van der Waals surface area contributed by atoms with Gasteiger partial charge in [0.25, 0.3) is 0 Å². The van der Waals surface area contributed by atoms with Crippen LogP contribution < -0.4 is 5.73 Å². The van der Waals surface area contributed by atoms with E-state index in [1.165, 1.54) is 4.88 Å². The molecule has 0 atom stereocenters. The average Bonchev–Trinajstić information content (AvgIpc) is 2.76. The number of thiophene rings is 1. The van der Waals surface area contributed by atoms with Gasteiger partial charge in [0.1, 0.15) is 0 Å². The van der Waals surface area contributed by atoms with E-state index < -0.39 is 5.97 Å². The van der Waals surface area contributed by atoms with Crippen LogP contribution in [0, 0.1) is 5.41 Å². The van der Waals surface area contributed by atoms with Gasteiger partial charge in [-0.2, -0.15) is 0 Å². The van der Waals surface area contributed by atoms with Crippen molar-refractivity contribution in [1.82, 2.24) is 0 Å². The van der Waals surface area contributed by atoms with Crippen molar-refractivity contribution in [2.45, 2.75) is 33.1 Å². The lowest BCUT2D eigenvalue weighted by Gasteiger charge is -2.29. The number of nitrogens with two attached hydrogens (primary N) is 1. The molecule has 0 bridgehead atoms. The molecule has 0 saturated heterocycles. The smallest absolute Gasteiger partial charge is 0.337 e. The molecule has 0 amide bonds. The molecule has 1 aromatic heterocycles. The van der Waals surface area contributed by atoms with Crippen LogP contribution in [0.5, 0.6) is 0 Å². The number of anilines is 1. The molecule has 0 unspecified atom stereocenters. The van der Waals surface area contributed by atoms with E-state index in [1.54, 1.807) is 11.3 Å². The van der Waals surface area contributed by atoms with E-state index in [-0.39, 0.29) is 5.41 Å². The van der Waals surface area contributed by atoms with Crippen LogP contribution in [0.2, 0.25) is 0 Å². The van der Waals surface area contributed by atoms with Gasteiger partial charge in [0.05, 0.1) is 10.4 Å². The van der Waals surface area contributed by atoms with E-state index in [0.717, 1.165) is 35.3 Å². The highest BCUT2D eigenvalue weighted by Crippen LogP contribution is 2.46. The lowest BCUT2D eigenvalue weighted by molar-refractivity contribution is 0.0696. The highest BCUT2D eigenvalue weighted by molar-refractivity contribution is 7.16. The van der Waals surface area contributed by atoms with Gasteiger partial charge in [0.15, 0.2) is 0 Å². The molecular formula is C17H19NO2S. The summed E-state index contributed by atoms with van der Waals surface area (Å²) in [7, 11) is 0. The molecule has 21 heavy (non-hydrogen) atoms. The van der Waals surface area contributed by atoms with E-state index in [9.17, 15) is 9.90 Å². The molecule has 0 fully saturated rings. The molecule has 0 radical (unpaired) electrons. The van der Waals surface area contributed by atoms with E-state index in [1.807, 2.05) is 24.3 Å². The number of carboxylic acids is 1. The summed E-state index contributed by atoms with van der Waals surface area (Å²) < 4.78 is 0. The summed E-state index contributed by atoms with van der Waals surface area (Å²) >= 11 is 1.60. The zero-order valence-corrected chi connectivity index (χ0v) is 13.1. The molecule has 0 saturated carbocycles. The normalized spacial score (nSPS) is 16.5. The summed E-state index contributed by atoms with van der Waals surface area (Å²) in [6.07, 6.45) is 2.89. The zero-order valence-electron chi connectivity index (χ0n) is 12.3. The van der Waals surface area contributed by atoms with E-state index in [0.29, 0.717) is 11.3 Å². The van der Waals surface area contributed by atoms with Crippen molar-refractivity contribution >= 4 is 23.0 Å². The second-order valence-electron chi connectivity index (χ2n) is 6.44. The van der Waals surface area contributed by atoms with Gasteiger partial charge in [0, 0.05) is 16.1 Å². The summed E-state index contributed by atoms with van der Waals surface area (Å²) in [5.74, 6) is -0.844. The van der Waals surface area contributed by atoms with Crippen LogP contribution in [0.4, 0.5) is 5.69 Å². The summed E-state index contributed by atoms with van der Waals surface area (Å²) in [6.45, 7) is 4.41. The Bertz CT molecular complexity index is 716. The predicted molar refractivity (Wildman–Crippen MR) is 86.9 cm³/mol. The van der Waals surface area contributed by atoms with Gasteiger partial charge in [-0.25, -0.2) is 4.79 Å². The van der Waals surface area contributed by atoms with E-state index >= 15 is 0 Å². The number of para-hydroxylation sites is 1. The Kier molecular flexibility index (Phi) is 3.29. The first-order chi connectivity index (χ1) is 9.89. The van der Waals surface area contributed by atoms with Crippen LogP contribution in [0.15, 0.2) is 24.3 Å². The Morgan fingerprint density at radius 3 is 2.71 bits per heavy atom. The largest absolute Gasteiger partial charge is 0.478 e.